The van der Waals surface area contributed by atoms with E-state index in [0.717, 1.165) is 0 Å². The molecule has 1 unspecified atom stereocenters. The highest BCUT2D eigenvalue weighted by atomic mass is 79.9. The predicted octanol–water partition coefficient (Wildman–Crippen LogP) is 0.835. The summed E-state index contributed by atoms with van der Waals surface area (Å²) >= 11 is 0. The van der Waals surface area contributed by atoms with Crippen LogP contribution in [-0.2, 0) is 0 Å². The van der Waals surface area contributed by atoms with Crippen LogP contribution in [0.4, 0.5) is 5.69 Å². The molecule has 0 fully saturated rings. The first kappa shape index (κ1) is 15.4. The highest BCUT2D eigenvalue weighted by molar-refractivity contribution is 8.93. The third-order valence-electron chi connectivity index (χ3n) is 3.56. The standard InChI is InChI=1S/C14H12N2O4.BrH/c15-7-3-4-8(17)10-9(7)12(18)6-2-1-5-14(16,20)11(6)13(10)19;/h1-4,17,20H,5,15-16H2;1H. The average molecular weight is 353 g/mol. The summed E-state index contributed by atoms with van der Waals surface area (Å²) in [5.41, 5.74) is 9.17. The van der Waals surface area contributed by atoms with Crippen LogP contribution in [0.25, 0.3) is 0 Å². The van der Waals surface area contributed by atoms with E-state index in [9.17, 15) is 19.8 Å². The second-order valence-electron chi connectivity index (χ2n) is 4.90. The van der Waals surface area contributed by atoms with Crippen molar-refractivity contribution in [2.24, 2.45) is 5.73 Å². The molecular formula is C14H13BrN2O4. The zero-order chi connectivity index (χ0) is 14.7. The van der Waals surface area contributed by atoms with Crippen LogP contribution in [0.15, 0.2) is 35.4 Å². The Bertz CT molecular complexity index is 735. The van der Waals surface area contributed by atoms with Crippen LogP contribution in [0.1, 0.15) is 27.1 Å². The fraction of sp³-hybridized carbons (Fsp3) is 0.143. The van der Waals surface area contributed by atoms with E-state index >= 15 is 0 Å². The molecule has 1 atom stereocenters. The number of allylic oxidation sites excluding steroid dienone is 2. The topological polar surface area (TPSA) is 127 Å². The Morgan fingerprint density at radius 3 is 2.48 bits per heavy atom. The van der Waals surface area contributed by atoms with Gasteiger partial charge in [-0.3, -0.25) is 15.3 Å². The Balaban J connectivity index is 0.00000161. The number of rotatable bonds is 0. The number of carbonyl (C=O) groups excluding carboxylic acids is 2. The molecule has 7 heteroatoms. The van der Waals surface area contributed by atoms with Gasteiger partial charge >= 0.3 is 0 Å². The number of aliphatic hydroxyl groups is 1. The van der Waals surface area contributed by atoms with Crippen LogP contribution in [-0.4, -0.2) is 27.5 Å². The van der Waals surface area contributed by atoms with Crippen LogP contribution >= 0.6 is 17.0 Å². The van der Waals surface area contributed by atoms with E-state index < -0.39 is 17.3 Å². The van der Waals surface area contributed by atoms with Gasteiger partial charge in [-0.05, 0) is 12.1 Å². The molecule has 6 nitrogen and oxygen atoms in total. The number of nitrogen functional groups attached to an aromatic ring is 1. The minimum atomic E-state index is -1.93. The van der Waals surface area contributed by atoms with E-state index in [2.05, 4.69) is 0 Å². The van der Waals surface area contributed by atoms with Crippen LogP contribution < -0.4 is 11.5 Å². The number of anilines is 1. The van der Waals surface area contributed by atoms with Gasteiger partial charge in [-0.1, -0.05) is 12.2 Å². The molecule has 0 saturated carbocycles. The number of carbonyl (C=O) groups is 2. The first-order valence-corrected chi connectivity index (χ1v) is 5.98. The van der Waals surface area contributed by atoms with Gasteiger partial charge in [0.15, 0.2) is 11.6 Å². The lowest BCUT2D eigenvalue weighted by Crippen LogP contribution is -2.48. The largest absolute Gasteiger partial charge is 0.507 e. The van der Waals surface area contributed by atoms with Gasteiger partial charge < -0.3 is 15.9 Å². The monoisotopic (exact) mass is 352 g/mol. The SMILES string of the molecule is Br.Nc1ccc(O)c2c1C(=O)C1=C(C2=O)C(N)(O)CC=C1. The molecule has 2 aliphatic rings. The molecule has 110 valence electrons. The van der Waals surface area contributed by atoms with E-state index in [1.807, 2.05) is 0 Å². The molecular weight excluding hydrogens is 340 g/mol. The van der Waals surface area contributed by atoms with E-state index in [-0.39, 0.29) is 57.1 Å². The van der Waals surface area contributed by atoms with Crippen molar-refractivity contribution in [3.63, 3.8) is 0 Å². The number of phenols is 1. The molecule has 0 aromatic heterocycles. The normalized spacial score (nSPS) is 23.5. The number of benzene rings is 1. The van der Waals surface area contributed by atoms with E-state index in [1.54, 1.807) is 0 Å². The van der Waals surface area contributed by atoms with Gasteiger partial charge in [0.2, 0.25) is 0 Å². The summed E-state index contributed by atoms with van der Waals surface area (Å²) in [5.74, 6) is -1.55. The zero-order valence-electron chi connectivity index (χ0n) is 10.8. The fourth-order valence-electron chi connectivity index (χ4n) is 2.63. The summed E-state index contributed by atoms with van der Waals surface area (Å²) < 4.78 is 0. The first-order chi connectivity index (χ1) is 9.34. The average Bonchev–Trinajstić information content (AvgIpc) is 2.37. The maximum absolute atomic E-state index is 12.5. The van der Waals surface area contributed by atoms with Crippen molar-refractivity contribution in [1.82, 2.24) is 0 Å². The fourth-order valence-corrected chi connectivity index (χ4v) is 2.63. The second kappa shape index (κ2) is 4.80. The predicted molar refractivity (Wildman–Crippen MR) is 81.4 cm³/mol. The summed E-state index contributed by atoms with van der Waals surface area (Å²) in [5, 5.41) is 20.0. The molecule has 0 bridgehead atoms. The molecule has 3 rings (SSSR count). The Kier molecular flexibility index (Phi) is 3.53. The van der Waals surface area contributed by atoms with Crippen molar-refractivity contribution in [2.45, 2.75) is 12.1 Å². The van der Waals surface area contributed by atoms with Gasteiger partial charge in [-0.15, -0.1) is 17.0 Å². The minimum absolute atomic E-state index is 0. The number of halogens is 1. The number of aromatic hydroxyl groups is 1. The number of hydrogen-bond donors (Lipinski definition) is 4. The zero-order valence-corrected chi connectivity index (χ0v) is 12.5. The molecule has 0 aliphatic heterocycles. The number of Topliss-reactive ketones (excluding diaryl/α,β-unsaturated/α-hetero) is 2. The molecule has 1 aromatic rings. The smallest absolute Gasteiger partial charge is 0.198 e. The van der Waals surface area contributed by atoms with Crippen molar-refractivity contribution >= 4 is 34.2 Å². The molecule has 21 heavy (non-hydrogen) atoms. The van der Waals surface area contributed by atoms with Gasteiger partial charge in [0.1, 0.15) is 11.5 Å². The summed E-state index contributed by atoms with van der Waals surface area (Å²) in [6.07, 6.45) is 2.99. The number of nitrogens with two attached hydrogens (primary N) is 2. The molecule has 2 aliphatic carbocycles. The lowest BCUT2D eigenvalue weighted by atomic mass is 9.76. The van der Waals surface area contributed by atoms with Crippen LogP contribution in [0.2, 0.25) is 0 Å². The molecule has 0 saturated heterocycles. The van der Waals surface area contributed by atoms with Gasteiger partial charge in [-0.25, -0.2) is 0 Å². The van der Waals surface area contributed by atoms with E-state index in [1.165, 1.54) is 24.3 Å². The first-order valence-electron chi connectivity index (χ1n) is 5.98. The summed E-state index contributed by atoms with van der Waals surface area (Å²) in [6.45, 7) is 0. The van der Waals surface area contributed by atoms with Crippen LogP contribution in [0.3, 0.4) is 0 Å². The van der Waals surface area contributed by atoms with Gasteiger partial charge in [0.05, 0.1) is 16.7 Å². The molecule has 0 spiro atoms. The van der Waals surface area contributed by atoms with Crippen molar-refractivity contribution in [3.05, 3.63) is 46.6 Å². The van der Waals surface area contributed by atoms with Crippen molar-refractivity contribution in [2.75, 3.05) is 5.73 Å². The highest BCUT2D eigenvalue weighted by Crippen LogP contribution is 2.40. The Labute approximate surface area is 130 Å². The van der Waals surface area contributed by atoms with Gasteiger partial charge in [0.25, 0.3) is 0 Å². The number of hydrogen-bond acceptors (Lipinski definition) is 6. The third-order valence-corrected chi connectivity index (χ3v) is 3.56. The molecule has 6 N–H and O–H groups in total. The maximum atomic E-state index is 12.5. The van der Waals surface area contributed by atoms with Crippen molar-refractivity contribution < 1.29 is 19.8 Å². The van der Waals surface area contributed by atoms with Crippen LogP contribution in [0.5, 0.6) is 5.75 Å². The molecule has 1 aromatic carbocycles. The Hall–Kier alpha value is -1.96. The van der Waals surface area contributed by atoms with Crippen molar-refractivity contribution in [3.8, 4) is 5.75 Å². The van der Waals surface area contributed by atoms with Gasteiger partial charge in [-0.2, -0.15) is 0 Å². The quantitative estimate of drug-likeness (QED) is 0.311. The minimum Gasteiger partial charge on any atom is -0.507 e. The maximum Gasteiger partial charge on any atom is 0.198 e. The van der Waals surface area contributed by atoms with E-state index in [4.69, 9.17) is 11.5 Å². The molecule has 0 radical (unpaired) electrons. The Morgan fingerprint density at radius 2 is 1.81 bits per heavy atom. The highest BCUT2D eigenvalue weighted by Gasteiger charge is 2.44. The van der Waals surface area contributed by atoms with Crippen molar-refractivity contribution in [1.29, 1.82) is 0 Å². The molecule has 0 amide bonds. The summed E-state index contributed by atoms with van der Waals surface area (Å²) in [6, 6.07) is 2.59. The number of fused-ring (bicyclic) bond motifs is 1. The summed E-state index contributed by atoms with van der Waals surface area (Å²) in [4.78, 5) is 24.9. The Morgan fingerprint density at radius 1 is 1.14 bits per heavy atom. The lowest BCUT2D eigenvalue weighted by Gasteiger charge is -2.32. The molecule has 0 heterocycles. The second-order valence-corrected chi connectivity index (χ2v) is 4.90. The van der Waals surface area contributed by atoms with Gasteiger partial charge in [0, 0.05) is 17.7 Å². The van der Waals surface area contributed by atoms with Crippen LogP contribution in [0, 0.1) is 0 Å². The number of phenolic OH excluding ortho intramolecular Hbond substituents is 1. The van der Waals surface area contributed by atoms with E-state index in [0.29, 0.717) is 0 Å². The lowest BCUT2D eigenvalue weighted by molar-refractivity contribution is 0.0690. The number of ketones is 2. The third kappa shape index (κ3) is 2.01. The summed E-state index contributed by atoms with van der Waals surface area (Å²) in [7, 11) is 0.